The van der Waals surface area contributed by atoms with Crippen molar-refractivity contribution >= 4 is 75.1 Å². The lowest BCUT2D eigenvalue weighted by molar-refractivity contribution is -0.142. The van der Waals surface area contributed by atoms with Gasteiger partial charge in [-0.1, -0.05) is 39.5 Å². The SMILES string of the molecule is CC(CC(=O)SCCNC(=O)CCNC(=O)C(O)C(C)(C)COP(=O)(O)OP(=O)(O)OCC1OC(n2cnc3c(N)ncnc32)C(O)C1OP(=O)(O)O)CC(C)C(=O)O. The summed E-state index contributed by atoms with van der Waals surface area (Å²) in [6.45, 7) is 3.64. The number of phosphoric acid groups is 3. The van der Waals surface area contributed by atoms with Gasteiger partial charge in [0.05, 0.1) is 25.5 Å². The molecule has 1 saturated heterocycles. The van der Waals surface area contributed by atoms with Crippen molar-refractivity contribution in [2.45, 2.75) is 77.6 Å². The number of fused-ring (bicyclic) bond motifs is 1. The van der Waals surface area contributed by atoms with Crippen molar-refractivity contribution in [3.63, 3.8) is 0 Å². The molecule has 9 unspecified atom stereocenters. The molecule has 3 heterocycles. The van der Waals surface area contributed by atoms with Crippen LogP contribution in [0.4, 0.5) is 5.82 Å². The van der Waals surface area contributed by atoms with Gasteiger partial charge in [0.1, 0.15) is 36.3 Å². The number of anilines is 1. The maximum atomic E-state index is 12.7. The molecule has 3 rings (SSSR count). The smallest absolute Gasteiger partial charge is 0.481 e. The van der Waals surface area contributed by atoms with Crippen LogP contribution in [-0.2, 0) is 55.5 Å². The average Bonchev–Trinajstić information content (AvgIpc) is 3.67. The first-order valence-corrected chi connectivity index (χ1v) is 23.0. The maximum absolute atomic E-state index is 12.7. The number of thioether (sulfide) groups is 1. The van der Waals surface area contributed by atoms with E-state index in [4.69, 9.17) is 24.6 Å². The number of nitrogens with two attached hydrogens (primary N) is 1. The number of aliphatic hydroxyl groups excluding tert-OH is 2. The Morgan fingerprint density at radius 1 is 1.03 bits per heavy atom. The number of aliphatic carboxylic acids is 1. The predicted octanol–water partition coefficient (Wildman–Crippen LogP) is -0.198. The molecule has 30 heteroatoms. The second-order valence-corrected chi connectivity index (χ2v) is 19.5. The predicted molar refractivity (Wildman–Crippen MR) is 202 cm³/mol. The molecular weight excluding hydrogens is 875 g/mol. The van der Waals surface area contributed by atoms with Crippen LogP contribution >= 0.6 is 35.2 Å². The van der Waals surface area contributed by atoms with E-state index in [9.17, 15) is 62.7 Å². The number of phosphoric ester groups is 3. The van der Waals surface area contributed by atoms with E-state index in [1.807, 2.05) is 0 Å². The topological polar surface area (TPSA) is 401 Å². The van der Waals surface area contributed by atoms with E-state index in [-0.39, 0.29) is 59.7 Å². The van der Waals surface area contributed by atoms with E-state index in [1.54, 1.807) is 13.8 Å². The number of nitrogens with zero attached hydrogens (tertiary/aromatic N) is 4. The molecule has 2 amide bonds. The summed E-state index contributed by atoms with van der Waals surface area (Å²) in [5.74, 6) is -2.94. The zero-order chi connectivity index (χ0) is 44.5. The quantitative estimate of drug-likeness (QED) is 0.0481. The molecule has 2 aromatic rings. The van der Waals surface area contributed by atoms with Crippen LogP contribution in [-0.4, -0.2) is 134 Å². The zero-order valence-corrected chi connectivity index (χ0v) is 35.5. The first-order chi connectivity index (χ1) is 27.2. The molecule has 26 nitrogen and oxygen atoms in total. The summed E-state index contributed by atoms with van der Waals surface area (Å²) in [6.07, 6.45) is -6.53. The molecule has 334 valence electrons. The highest BCUT2D eigenvalue weighted by Gasteiger charge is 2.50. The van der Waals surface area contributed by atoms with Gasteiger partial charge in [-0.15, -0.1) is 0 Å². The molecule has 0 aliphatic carbocycles. The van der Waals surface area contributed by atoms with Gasteiger partial charge < -0.3 is 56.0 Å². The Hall–Kier alpha value is -2.97. The van der Waals surface area contributed by atoms with Crippen molar-refractivity contribution in [3.8, 4) is 0 Å². The third-order valence-corrected chi connectivity index (χ3v) is 12.5. The standard InChI is InChI=1S/C29H48N7O19P3S/c1-15(9-16(2)28(42)43)10-19(38)59-8-7-31-18(37)5-6-32-26(41)23(40)29(3,4)12-52-58(49,50)55-57(47,48)51-11-17-22(54-56(44,45)46)21(39)27(53-17)36-14-35-20-24(30)33-13-34-25(20)36/h13-17,21-23,27,39-40H,5-12H2,1-4H3,(H,31,37)(H,32,41)(H,42,43)(H,47,48)(H,49,50)(H2,30,33,34)(H2,44,45,46). The largest absolute Gasteiger partial charge is 0.481 e. The molecule has 2 aromatic heterocycles. The Labute approximate surface area is 340 Å². The number of aromatic nitrogens is 4. The summed E-state index contributed by atoms with van der Waals surface area (Å²) in [7, 11) is -16.4. The molecule has 1 aliphatic rings. The van der Waals surface area contributed by atoms with Crippen molar-refractivity contribution in [1.82, 2.24) is 30.2 Å². The molecule has 0 bridgehead atoms. The number of nitrogens with one attached hydrogen (secondary N) is 2. The Morgan fingerprint density at radius 2 is 1.69 bits per heavy atom. The summed E-state index contributed by atoms with van der Waals surface area (Å²) < 4.78 is 62.1. The van der Waals surface area contributed by atoms with Gasteiger partial charge in [-0.25, -0.2) is 28.6 Å². The first-order valence-electron chi connectivity index (χ1n) is 17.5. The summed E-state index contributed by atoms with van der Waals surface area (Å²) in [5.41, 5.74) is 4.21. The van der Waals surface area contributed by atoms with Crippen molar-refractivity contribution in [3.05, 3.63) is 12.7 Å². The average molecular weight is 924 g/mol. The van der Waals surface area contributed by atoms with Gasteiger partial charge in [0, 0.05) is 37.1 Å². The van der Waals surface area contributed by atoms with Crippen molar-refractivity contribution in [2.75, 3.05) is 37.8 Å². The van der Waals surface area contributed by atoms with Crippen molar-refractivity contribution in [1.29, 1.82) is 0 Å². The van der Waals surface area contributed by atoms with E-state index in [0.717, 1.165) is 29.0 Å². The lowest BCUT2D eigenvalue weighted by Gasteiger charge is -2.30. The second kappa shape index (κ2) is 21.2. The minimum absolute atomic E-state index is 0.0213. The lowest BCUT2D eigenvalue weighted by Crippen LogP contribution is -2.46. The number of imidazole rings is 1. The zero-order valence-electron chi connectivity index (χ0n) is 32.0. The van der Waals surface area contributed by atoms with E-state index in [2.05, 4.69) is 34.4 Å². The summed E-state index contributed by atoms with van der Waals surface area (Å²) >= 11 is 0.987. The maximum Gasteiger partial charge on any atom is 0.481 e. The molecule has 59 heavy (non-hydrogen) atoms. The Kier molecular flexibility index (Phi) is 18.1. The van der Waals surface area contributed by atoms with Crippen LogP contribution in [0.25, 0.3) is 11.2 Å². The van der Waals surface area contributed by atoms with Gasteiger partial charge in [-0.05, 0) is 12.3 Å². The Bertz CT molecular complexity index is 1950. The molecule has 0 spiro atoms. The number of carbonyl (C=O) groups is 4. The van der Waals surface area contributed by atoms with Crippen LogP contribution in [0.2, 0.25) is 0 Å². The minimum Gasteiger partial charge on any atom is -0.481 e. The molecule has 1 aliphatic heterocycles. The fourth-order valence-electron chi connectivity index (χ4n) is 5.43. The second-order valence-electron chi connectivity index (χ2n) is 14.1. The monoisotopic (exact) mass is 923 g/mol. The number of amides is 2. The fourth-order valence-corrected chi connectivity index (χ4v) is 9.09. The summed E-state index contributed by atoms with van der Waals surface area (Å²) in [6, 6.07) is 0. The molecule has 0 aromatic carbocycles. The highest BCUT2D eigenvalue weighted by atomic mass is 32.2. The molecule has 0 saturated carbocycles. The van der Waals surface area contributed by atoms with Crippen molar-refractivity contribution in [2.24, 2.45) is 17.3 Å². The van der Waals surface area contributed by atoms with Crippen LogP contribution < -0.4 is 16.4 Å². The number of rotatable bonds is 24. The number of hydrogen-bond donors (Lipinski definition) is 10. The van der Waals surface area contributed by atoms with Crippen molar-refractivity contribution < 1.29 is 90.4 Å². The highest BCUT2D eigenvalue weighted by Crippen LogP contribution is 2.61. The van der Waals surface area contributed by atoms with E-state index < -0.39 is 96.4 Å². The Balaban J connectivity index is 1.45. The van der Waals surface area contributed by atoms with E-state index in [0.29, 0.717) is 6.42 Å². The highest BCUT2D eigenvalue weighted by molar-refractivity contribution is 8.13. The van der Waals surface area contributed by atoms with Crippen LogP contribution in [0.5, 0.6) is 0 Å². The molecule has 9 atom stereocenters. The van der Waals surface area contributed by atoms with Gasteiger partial charge in [-0.2, -0.15) is 4.31 Å². The minimum atomic E-state index is -5.59. The number of carboxylic acids is 1. The van der Waals surface area contributed by atoms with Gasteiger partial charge in [0.25, 0.3) is 0 Å². The van der Waals surface area contributed by atoms with E-state index in [1.165, 1.54) is 13.8 Å². The summed E-state index contributed by atoms with van der Waals surface area (Å²) in [5, 5.41) is 35.2. The molecular formula is C29H48N7O19P3S. The number of nitrogen functional groups attached to an aromatic ring is 1. The normalized spacial score (nSPS) is 22.2. The van der Waals surface area contributed by atoms with Gasteiger partial charge in [0.2, 0.25) is 11.8 Å². The number of carboxylic acid groups (broad SMARTS) is 1. The van der Waals surface area contributed by atoms with Crippen LogP contribution in [0.15, 0.2) is 12.7 Å². The number of aliphatic hydroxyl groups is 2. The van der Waals surface area contributed by atoms with Crippen LogP contribution in [0.1, 0.15) is 53.2 Å². The van der Waals surface area contributed by atoms with Gasteiger partial charge >= 0.3 is 29.4 Å². The third-order valence-electron chi connectivity index (χ3n) is 8.46. The van der Waals surface area contributed by atoms with Crippen LogP contribution in [0, 0.1) is 17.3 Å². The number of ether oxygens (including phenoxy) is 1. The Morgan fingerprint density at radius 3 is 2.34 bits per heavy atom. The van der Waals surface area contributed by atoms with Gasteiger partial charge in [0.15, 0.2) is 22.8 Å². The summed E-state index contributed by atoms with van der Waals surface area (Å²) in [4.78, 5) is 98.8. The molecule has 1 fully saturated rings. The van der Waals surface area contributed by atoms with Crippen LogP contribution in [0.3, 0.4) is 0 Å². The van der Waals surface area contributed by atoms with E-state index >= 15 is 0 Å². The first kappa shape index (κ1) is 50.4. The number of hydrogen-bond acceptors (Lipinski definition) is 19. The third kappa shape index (κ3) is 15.8. The number of carbonyl (C=O) groups excluding carboxylic acids is 3. The molecule has 0 radical (unpaired) electrons. The fraction of sp³-hybridized carbons (Fsp3) is 0.690. The lowest BCUT2D eigenvalue weighted by atomic mass is 9.87. The van der Waals surface area contributed by atoms with Gasteiger partial charge in [-0.3, -0.25) is 37.3 Å². The molecule has 11 N–H and O–H groups in total.